The Labute approximate surface area is 138 Å². The number of carbonyl (C=O) groups excluding carboxylic acids is 2. The maximum Gasteiger partial charge on any atom is 0.226 e. The van der Waals surface area contributed by atoms with Crippen molar-refractivity contribution in [2.75, 3.05) is 20.1 Å². The van der Waals surface area contributed by atoms with Crippen LogP contribution < -0.4 is 0 Å². The van der Waals surface area contributed by atoms with Crippen LogP contribution >= 0.6 is 0 Å². The third-order valence-electron chi connectivity index (χ3n) is 5.28. The lowest BCUT2D eigenvalue weighted by Crippen LogP contribution is -2.45. The number of amides is 2. The van der Waals surface area contributed by atoms with Crippen LogP contribution in [0.5, 0.6) is 0 Å². The zero-order chi connectivity index (χ0) is 16.2. The zero-order valence-corrected chi connectivity index (χ0v) is 13.9. The van der Waals surface area contributed by atoms with Gasteiger partial charge in [0.05, 0.1) is 0 Å². The summed E-state index contributed by atoms with van der Waals surface area (Å²) >= 11 is 0. The number of likely N-dealkylation sites (tertiary alicyclic amines) is 2. The van der Waals surface area contributed by atoms with Crippen molar-refractivity contribution in [2.24, 2.45) is 5.92 Å². The molecule has 0 saturated carbocycles. The van der Waals surface area contributed by atoms with Crippen LogP contribution in [0.15, 0.2) is 30.3 Å². The Hall–Kier alpha value is -1.84. The second-order valence-corrected chi connectivity index (χ2v) is 6.86. The van der Waals surface area contributed by atoms with Crippen molar-refractivity contribution in [2.45, 2.75) is 44.6 Å². The van der Waals surface area contributed by atoms with Gasteiger partial charge in [0.25, 0.3) is 0 Å². The van der Waals surface area contributed by atoms with Crippen molar-refractivity contribution < 1.29 is 9.59 Å². The van der Waals surface area contributed by atoms with Crippen molar-refractivity contribution in [1.82, 2.24) is 9.80 Å². The Bertz CT molecular complexity index is 558. The van der Waals surface area contributed by atoms with E-state index in [1.165, 1.54) is 5.56 Å². The summed E-state index contributed by atoms with van der Waals surface area (Å²) in [7, 11) is 1.82. The number of hydrogen-bond acceptors (Lipinski definition) is 2. The van der Waals surface area contributed by atoms with Gasteiger partial charge in [0.2, 0.25) is 11.8 Å². The van der Waals surface area contributed by atoms with E-state index in [-0.39, 0.29) is 17.7 Å². The molecule has 0 aromatic heterocycles. The summed E-state index contributed by atoms with van der Waals surface area (Å²) in [6.45, 7) is 1.57. The number of aryl methyl sites for hydroxylation is 1. The maximum absolute atomic E-state index is 12.8. The van der Waals surface area contributed by atoms with E-state index in [9.17, 15) is 9.59 Å². The molecule has 2 fully saturated rings. The van der Waals surface area contributed by atoms with Gasteiger partial charge in [0, 0.05) is 38.5 Å². The van der Waals surface area contributed by atoms with Crippen LogP contribution in [-0.2, 0) is 16.0 Å². The third kappa shape index (κ3) is 3.74. The highest BCUT2D eigenvalue weighted by Crippen LogP contribution is 2.27. The molecule has 2 saturated heterocycles. The first-order valence-corrected chi connectivity index (χ1v) is 8.73. The molecule has 3 rings (SSSR count). The summed E-state index contributed by atoms with van der Waals surface area (Å²) in [5, 5.41) is 0. The Morgan fingerprint density at radius 1 is 1.17 bits per heavy atom. The highest BCUT2D eigenvalue weighted by Gasteiger charge is 2.36. The molecule has 2 unspecified atom stereocenters. The average molecular weight is 314 g/mol. The van der Waals surface area contributed by atoms with E-state index in [1.54, 1.807) is 4.90 Å². The van der Waals surface area contributed by atoms with E-state index in [0.717, 1.165) is 38.6 Å². The first-order chi connectivity index (χ1) is 11.1. The van der Waals surface area contributed by atoms with Gasteiger partial charge < -0.3 is 9.80 Å². The number of hydrogen-bond donors (Lipinski definition) is 0. The topological polar surface area (TPSA) is 40.6 Å². The number of piperidine rings is 1. The fourth-order valence-electron chi connectivity index (χ4n) is 3.79. The third-order valence-corrected chi connectivity index (χ3v) is 5.28. The molecule has 2 heterocycles. The molecule has 2 aliphatic heterocycles. The fraction of sp³-hybridized carbons (Fsp3) is 0.579. The number of carbonyl (C=O) groups is 2. The fourth-order valence-corrected chi connectivity index (χ4v) is 3.79. The number of rotatable bonds is 4. The van der Waals surface area contributed by atoms with Crippen molar-refractivity contribution in [3.05, 3.63) is 35.9 Å². The van der Waals surface area contributed by atoms with Crippen LogP contribution in [0.4, 0.5) is 0 Å². The molecule has 0 aliphatic carbocycles. The quantitative estimate of drug-likeness (QED) is 0.856. The zero-order valence-electron chi connectivity index (χ0n) is 13.9. The van der Waals surface area contributed by atoms with Gasteiger partial charge in [0.1, 0.15) is 0 Å². The summed E-state index contributed by atoms with van der Waals surface area (Å²) < 4.78 is 0. The molecule has 2 amide bonds. The Balaban J connectivity index is 1.57. The summed E-state index contributed by atoms with van der Waals surface area (Å²) in [4.78, 5) is 28.5. The molecule has 2 aliphatic rings. The molecule has 0 radical (unpaired) electrons. The van der Waals surface area contributed by atoms with Gasteiger partial charge >= 0.3 is 0 Å². The predicted octanol–water partition coefficient (Wildman–Crippen LogP) is 2.48. The second-order valence-electron chi connectivity index (χ2n) is 6.86. The predicted molar refractivity (Wildman–Crippen MR) is 89.9 cm³/mol. The van der Waals surface area contributed by atoms with E-state index in [4.69, 9.17) is 0 Å². The van der Waals surface area contributed by atoms with Crippen LogP contribution in [0.3, 0.4) is 0 Å². The van der Waals surface area contributed by atoms with Gasteiger partial charge in [-0.3, -0.25) is 9.59 Å². The molecular weight excluding hydrogens is 288 g/mol. The summed E-state index contributed by atoms with van der Waals surface area (Å²) in [6, 6.07) is 10.8. The molecule has 0 bridgehead atoms. The van der Waals surface area contributed by atoms with Crippen LogP contribution in [0, 0.1) is 5.92 Å². The molecule has 23 heavy (non-hydrogen) atoms. The summed E-state index contributed by atoms with van der Waals surface area (Å²) in [5.74, 6) is 0.215. The summed E-state index contributed by atoms with van der Waals surface area (Å²) in [5.41, 5.74) is 1.33. The molecule has 124 valence electrons. The second kappa shape index (κ2) is 7.16. The first kappa shape index (κ1) is 16.0. The molecular formula is C19H26N2O2. The molecule has 1 aromatic carbocycles. The minimum absolute atomic E-state index is 0.101. The largest absolute Gasteiger partial charge is 0.346 e. The van der Waals surface area contributed by atoms with Gasteiger partial charge in [-0.25, -0.2) is 0 Å². The van der Waals surface area contributed by atoms with Gasteiger partial charge in [0.15, 0.2) is 0 Å². The van der Waals surface area contributed by atoms with Crippen molar-refractivity contribution in [3.8, 4) is 0 Å². The van der Waals surface area contributed by atoms with E-state index >= 15 is 0 Å². The molecule has 1 aromatic rings. The van der Waals surface area contributed by atoms with Crippen LogP contribution in [-0.4, -0.2) is 47.8 Å². The molecule has 0 spiro atoms. The van der Waals surface area contributed by atoms with Gasteiger partial charge in [-0.15, -0.1) is 0 Å². The molecule has 4 nitrogen and oxygen atoms in total. The first-order valence-electron chi connectivity index (χ1n) is 8.73. The van der Waals surface area contributed by atoms with Gasteiger partial charge in [-0.05, 0) is 37.7 Å². The normalized spacial score (nSPS) is 25.0. The van der Waals surface area contributed by atoms with Crippen molar-refractivity contribution in [3.63, 3.8) is 0 Å². The molecule has 0 N–H and O–H groups in total. The minimum Gasteiger partial charge on any atom is -0.346 e. The van der Waals surface area contributed by atoms with E-state index < -0.39 is 0 Å². The van der Waals surface area contributed by atoms with Crippen LogP contribution in [0.2, 0.25) is 0 Å². The Morgan fingerprint density at radius 3 is 2.70 bits per heavy atom. The lowest BCUT2D eigenvalue weighted by Gasteiger charge is -2.33. The molecule has 4 heteroatoms. The van der Waals surface area contributed by atoms with E-state index in [1.807, 2.05) is 13.1 Å². The maximum atomic E-state index is 12.8. The Morgan fingerprint density at radius 2 is 1.96 bits per heavy atom. The van der Waals surface area contributed by atoms with Crippen molar-refractivity contribution >= 4 is 11.8 Å². The lowest BCUT2D eigenvalue weighted by molar-refractivity contribution is -0.145. The number of nitrogens with zero attached hydrogens (tertiary/aromatic N) is 2. The summed E-state index contributed by atoms with van der Waals surface area (Å²) in [6.07, 6.45) is 5.42. The minimum atomic E-state index is -0.101. The van der Waals surface area contributed by atoms with Gasteiger partial charge in [-0.2, -0.15) is 0 Å². The number of benzene rings is 1. The van der Waals surface area contributed by atoms with Gasteiger partial charge in [-0.1, -0.05) is 30.3 Å². The van der Waals surface area contributed by atoms with E-state index in [0.29, 0.717) is 19.0 Å². The average Bonchev–Trinajstić information content (AvgIpc) is 3.04. The monoisotopic (exact) mass is 314 g/mol. The molecule has 2 atom stereocenters. The SMILES string of the molecule is CN1CCC(C(=O)N2CCCC2CCc2ccccc2)CC1=O. The van der Waals surface area contributed by atoms with Crippen LogP contribution in [0.25, 0.3) is 0 Å². The van der Waals surface area contributed by atoms with E-state index in [2.05, 4.69) is 29.2 Å². The standard InChI is InChI=1S/C19H26N2O2/c1-20-13-11-16(14-18(20)22)19(23)21-12-5-8-17(21)10-9-15-6-3-2-4-7-15/h2-4,6-7,16-17H,5,8-14H2,1H3. The Kier molecular flexibility index (Phi) is 4.99. The smallest absolute Gasteiger partial charge is 0.226 e. The van der Waals surface area contributed by atoms with Crippen molar-refractivity contribution in [1.29, 1.82) is 0 Å². The highest BCUT2D eigenvalue weighted by atomic mass is 16.2. The lowest BCUT2D eigenvalue weighted by atomic mass is 9.94. The van der Waals surface area contributed by atoms with Crippen LogP contribution in [0.1, 0.15) is 37.7 Å². The highest BCUT2D eigenvalue weighted by molar-refractivity contribution is 5.87.